The molecule has 1 fully saturated rings. The van der Waals surface area contributed by atoms with E-state index in [1.54, 1.807) is 6.07 Å². The Labute approximate surface area is 103 Å². The fourth-order valence-corrected chi connectivity index (χ4v) is 2.13. The summed E-state index contributed by atoms with van der Waals surface area (Å²) >= 11 is 5.85. The average molecular weight is 259 g/mol. The molecule has 0 atom stereocenters. The topological polar surface area (TPSA) is 35.5 Å². The van der Waals surface area contributed by atoms with Gasteiger partial charge in [0.25, 0.3) is 0 Å². The number of esters is 1. The fraction of sp³-hybridized carbons (Fsp3) is 0.417. The van der Waals surface area contributed by atoms with E-state index < -0.39 is 5.41 Å². The van der Waals surface area contributed by atoms with Crippen molar-refractivity contribution in [1.29, 1.82) is 0 Å². The van der Waals surface area contributed by atoms with Crippen LogP contribution in [-0.2, 0) is 19.7 Å². The number of carbonyl (C=O) groups is 1. The predicted molar refractivity (Wildman–Crippen MR) is 60.5 cm³/mol. The molecule has 1 aliphatic heterocycles. The highest BCUT2D eigenvalue weighted by molar-refractivity contribution is 6.30. The van der Waals surface area contributed by atoms with Gasteiger partial charge in [-0.3, -0.25) is 4.79 Å². The summed E-state index contributed by atoms with van der Waals surface area (Å²) in [7, 11) is 1.31. The van der Waals surface area contributed by atoms with Crippen molar-refractivity contribution in [3.63, 3.8) is 0 Å². The standard InChI is InChI=1S/C12H12ClFO3/c1-16-11(15)5-12(6-17-7-12)9-4-8(13)2-3-10(9)14/h2-4H,5-7H2,1H3. The second-order valence-corrected chi connectivity index (χ2v) is 4.59. The van der Waals surface area contributed by atoms with E-state index >= 15 is 0 Å². The maximum Gasteiger partial charge on any atom is 0.306 e. The van der Waals surface area contributed by atoms with Crippen molar-refractivity contribution < 1.29 is 18.7 Å². The third-order valence-corrected chi connectivity index (χ3v) is 3.20. The third kappa shape index (κ3) is 2.28. The minimum absolute atomic E-state index is 0.0980. The van der Waals surface area contributed by atoms with Gasteiger partial charge in [0.1, 0.15) is 5.82 Å². The number of rotatable bonds is 3. The fourth-order valence-electron chi connectivity index (χ4n) is 1.95. The number of benzene rings is 1. The van der Waals surface area contributed by atoms with Gasteiger partial charge < -0.3 is 9.47 Å². The molecular formula is C12H12ClFO3. The SMILES string of the molecule is COC(=O)CC1(c2cc(Cl)ccc2F)COC1. The number of halogens is 2. The van der Waals surface area contributed by atoms with Crippen LogP contribution < -0.4 is 0 Å². The van der Waals surface area contributed by atoms with E-state index in [1.807, 2.05) is 0 Å². The lowest BCUT2D eigenvalue weighted by Crippen LogP contribution is -2.49. The van der Waals surface area contributed by atoms with Gasteiger partial charge in [0.15, 0.2) is 0 Å². The second kappa shape index (κ2) is 4.63. The Kier molecular flexibility index (Phi) is 3.35. The molecule has 3 nitrogen and oxygen atoms in total. The number of methoxy groups -OCH3 is 1. The maximum atomic E-state index is 13.8. The second-order valence-electron chi connectivity index (χ2n) is 4.15. The monoisotopic (exact) mass is 258 g/mol. The summed E-state index contributed by atoms with van der Waals surface area (Å²) in [4.78, 5) is 11.4. The Hall–Kier alpha value is -1.13. The molecule has 0 unspecified atom stereocenters. The van der Waals surface area contributed by atoms with Gasteiger partial charge in [0.2, 0.25) is 0 Å². The van der Waals surface area contributed by atoms with Gasteiger partial charge in [-0.25, -0.2) is 4.39 Å². The third-order valence-electron chi connectivity index (χ3n) is 2.97. The van der Waals surface area contributed by atoms with E-state index in [-0.39, 0.29) is 18.2 Å². The van der Waals surface area contributed by atoms with Gasteiger partial charge in [0, 0.05) is 10.6 Å². The summed E-state index contributed by atoms with van der Waals surface area (Å²) in [5.41, 5.74) is -0.219. The Morgan fingerprint density at radius 3 is 2.82 bits per heavy atom. The molecule has 0 spiro atoms. The zero-order chi connectivity index (χ0) is 12.5. The van der Waals surface area contributed by atoms with Gasteiger partial charge >= 0.3 is 5.97 Å². The number of hydrogen-bond donors (Lipinski definition) is 0. The Bertz CT molecular complexity index is 443. The minimum Gasteiger partial charge on any atom is -0.469 e. The van der Waals surface area contributed by atoms with Gasteiger partial charge in [-0.2, -0.15) is 0 Å². The lowest BCUT2D eigenvalue weighted by Gasteiger charge is -2.41. The average Bonchev–Trinajstić information content (AvgIpc) is 2.27. The van der Waals surface area contributed by atoms with E-state index in [9.17, 15) is 9.18 Å². The molecule has 0 radical (unpaired) electrons. The predicted octanol–water partition coefficient (Wildman–Crippen LogP) is 2.31. The zero-order valence-corrected chi connectivity index (χ0v) is 10.1. The highest BCUT2D eigenvalue weighted by Gasteiger charge is 2.44. The summed E-state index contributed by atoms with van der Waals surface area (Å²) in [6, 6.07) is 4.32. The molecule has 0 N–H and O–H groups in total. The van der Waals surface area contributed by atoms with Crippen LogP contribution in [0.5, 0.6) is 0 Å². The molecule has 92 valence electrons. The lowest BCUT2D eigenvalue weighted by molar-refractivity contribution is -0.149. The molecule has 1 saturated heterocycles. The van der Waals surface area contributed by atoms with Crippen LogP contribution in [0.3, 0.4) is 0 Å². The van der Waals surface area contributed by atoms with Crippen molar-refractivity contribution in [1.82, 2.24) is 0 Å². The Balaban J connectivity index is 2.34. The molecule has 1 heterocycles. The van der Waals surface area contributed by atoms with E-state index in [4.69, 9.17) is 16.3 Å². The van der Waals surface area contributed by atoms with Crippen molar-refractivity contribution in [2.45, 2.75) is 11.8 Å². The van der Waals surface area contributed by atoms with E-state index in [1.165, 1.54) is 19.2 Å². The van der Waals surface area contributed by atoms with Crippen LogP contribution in [0.15, 0.2) is 18.2 Å². The number of carbonyl (C=O) groups excluding carboxylic acids is 1. The van der Waals surface area contributed by atoms with Crippen LogP contribution in [0, 0.1) is 5.82 Å². The van der Waals surface area contributed by atoms with Crippen LogP contribution in [0.1, 0.15) is 12.0 Å². The zero-order valence-electron chi connectivity index (χ0n) is 9.33. The summed E-state index contributed by atoms with van der Waals surface area (Å²) in [6.45, 7) is 0.610. The van der Waals surface area contributed by atoms with E-state index in [0.29, 0.717) is 23.8 Å². The molecule has 0 aromatic heterocycles. The first-order valence-electron chi connectivity index (χ1n) is 5.17. The van der Waals surface area contributed by atoms with Crippen molar-refractivity contribution in [2.24, 2.45) is 0 Å². The van der Waals surface area contributed by atoms with E-state index in [2.05, 4.69) is 4.74 Å². The van der Waals surface area contributed by atoms with Crippen LogP contribution in [0.2, 0.25) is 5.02 Å². The van der Waals surface area contributed by atoms with Crippen molar-refractivity contribution in [3.8, 4) is 0 Å². The van der Waals surface area contributed by atoms with Gasteiger partial charge in [0.05, 0.1) is 32.2 Å². The Morgan fingerprint density at radius 1 is 1.59 bits per heavy atom. The van der Waals surface area contributed by atoms with Crippen LogP contribution in [-0.4, -0.2) is 26.3 Å². The number of ether oxygens (including phenoxy) is 2. The first-order chi connectivity index (χ1) is 8.07. The Morgan fingerprint density at radius 2 is 2.29 bits per heavy atom. The molecule has 0 aliphatic carbocycles. The van der Waals surface area contributed by atoms with Crippen LogP contribution >= 0.6 is 11.6 Å². The molecule has 0 bridgehead atoms. The molecule has 0 amide bonds. The molecule has 5 heteroatoms. The van der Waals surface area contributed by atoms with Gasteiger partial charge in [-0.15, -0.1) is 0 Å². The molecule has 1 aromatic carbocycles. The quantitative estimate of drug-likeness (QED) is 0.781. The first-order valence-corrected chi connectivity index (χ1v) is 5.55. The highest BCUT2D eigenvalue weighted by atomic mass is 35.5. The molecule has 1 aliphatic rings. The van der Waals surface area contributed by atoms with Crippen molar-refractivity contribution >= 4 is 17.6 Å². The normalized spacial score (nSPS) is 17.4. The molecular weight excluding hydrogens is 247 g/mol. The summed E-state index contributed by atoms with van der Waals surface area (Å²) in [5.74, 6) is -0.755. The van der Waals surface area contributed by atoms with Crippen molar-refractivity contribution in [2.75, 3.05) is 20.3 Å². The van der Waals surface area contributed by atoms with Gasteiger partial charge in [-0.05, 0) is 18.2 Å². The van der Waals surface area contributed by atoms with E-state index in [0.717, 1.165) is 0 Å². The first kappa shape index (κ1) is 12.3. The minimum atomic E-state index is -0.637. The molecule has 0 saturated carbocycles. The molecule has 2 rings (SSSR count). The maximum absolute atomic E-state index is 13.8. The smallest absolute Gasteiger partial charge is 0.306 e. The lowest BCUT2D eigenvalue weighted by atomic mass is 9.75. The largest absolute Gasteiger partial charge is 0.469 e. The number of hydrogen-bond acceptors (Lipinski definition) is 3. The van der Waals surface area contributed by atoms with Crippen molar-refractivity contribution in [3.05, 3.63) is 34.6 Å². The summed E-state index contributed by atoms with van der Waals surface area (Å²) in [5, 5.41) is 0.442. The van der Waals surface area contributed by atoms with Gasteiger partial charge in [-0.1, -0.05) is 11.6 Å². The molecule has 17 heavy (non-hydrogen) atoms. The highest BCUT2D eigenvalue weighted by Crippen LogP contribution is 2.38. The summed E-state index contributed by atoms with van der Waals surface area (Å²) < 4.78 is 23.5. The van der Waals surface area contributed by atoms with Crippen LogP contribution in [0.4, 0.5) is 4.39 Å². The molecule has 1 aromatic rings. The van der Waals surface area contributed by atoms with Crippen LogP contribution in [0.25, 0.3) is 0 Å². The summed E-state index contributed by atoms with van der Waals surface area (Å²) in [6.07, 6.45) is 0.0980.